The maximum absolute atomic E-state index is 13.3. The molecule has 0 bridgehead atoms. The summed E-state index contributed by atoms with van der Waals surface area (Å²) in [5.74, 6) is -0.123. The molecular weight excluding hydrogens is 306 g/mol. The van der Waals surface area contributed by atoms with E-state index in [2.05, 4.69) is 15.8 Å². The predicted molar refractivity (Wildman–Crippen MR) is 79.7 cm³/mol. The third kappa shape index (κ3) is 3.69. The first-order valence-electron chi connectivity index (χ1n) is 8.12. The number of alkyl halides is 2. The van der Waals surface area contributed by atoms with Crippen molar-refractivity contribution in [1.29, 1.82) is 0 Å². The van der Waals surface area contributed by atoms with Gasteiger partial charge in [0.15, 0.2) is 0 Å². The van der Waals surface area contributed by atoms with Crippen LogP contribution < -0.4 is 10.6 Å². The number of hydrogen-bond acceptors (Lipinski definition) is 5. The molecule has 2 N–H and O–H groups in total. The molecule has 1 aliphatic carbocycles. The summed E-state index contributed by atoms with van der Waals surface area (Å²) in [5.41, 5.74) is 1.03. The molecule has 6 nitrogen and oxygen atoms in total. The number of nitrogens with zero attached hydrogens (tertiary/aromatic N) is 2. The van der Waals surface area contributed by atoms with E-state index in [1.807, 2.05) is 0 Å². The maximum Gasteiger partial charge on any atom is 0.256 e. The second kappa shape index (κ2) is 7.35. The van der Waals surface area contributed by atoms with E-state index in [4.69, 9.17) is 4.52 Å². The van der Waals surface area contributed by atoms with Gasteiger partial charge in [-0.25, -0.2) is 8.78 Å². The van der Waals surface area contributed by atoms with Crippen molar-refractivity contribution in [3.8, 4) is 0 Å². The van der Waals surface area contributed by atoms with Gasteiger partial charge in [0, 0.05) is 38.6 Å². The smallest absolute Gasteiger partial charge is 0.256 e. The van der Waals surface area contributed by atoms with Gasteiger partial charge >= 0.3 is 0 Å². The Hall–Kier alpha value is -1.54. The molecule has 1 unspecified atom stereocenters. The molecule has 0 aromatic carbocycles. The minimum Gasteiger partial charge on any atom is -0.364 e. The molecule has 0 radical (unpaired) electrons. The van der Waals surface area contributed by atoms with Gasteiger partial charge in [0.2, 0.25) is 0 Å². The van der Waals surface area contributed by atoms with Crippen molar-refractivity contribution in [3.63, 3.8) is 0 Å². The van der Waals surface area contributed by atoms with Crippen LogP contribution in [0.3, 0.4) is 0 Å². The van der Waals surface area contributed by atoms with Gasteiger partial charge in [0.25, 0.3) is 12.3 Å². The predicted octanol–water partition coefficient (Wildman–Crippen LogP) is 1.21. The molecule has 3 rings (SSSR count). The topological polar surface area (TPSA) is 70.4 Å². The Balaban J connectivity index is 1.59. The first-order chi connectivity index (χ1) is 11.2. The lowest BCUT2D eigenvalue weighted by Crippen LogP contribution is -2.54. The summed E-state index contributed by atoms with van der Waals surface area (Å²) in [5, 5.41) is 9.67. The Labute approximate surface area is 133 Å². The summed E-state index contributed by atoms with van der Waals surface area (Å²) < 4.78 is 31.5. The summed E-state index contributed by atoms with van der Waals surface area (Å²) in [6, 6.07) is -0.965. The van der Waals surface area contributed by atoms with Crippen molar-refractivity contribution in [2.75, 3.05) is 32.7 Å². The van der Waals surface area contributed by atoms with Crippen LogP contribution in [-0.4, -0.2) is 61.2 Å². The molecule has 2 fully saturated rings. The van der Waals surface area contributed by atoms with Crippen LogP contribution >= 0.6 is 0 Å². The molecule has 1 aliphatic heterocycles. The van der Waals surface area contributed by atoms with Crippen molar-refractivity contribution in [2.45, 2.75) is 37.6 Å². The second-order valence-corrected chi connectivity index (χ2v) is 6.14. The van der Waals surface area contributed by atoms with Crippen LogP contribution in [0, 0.1) is 0 Å². The molecule has 1 saturated heterocycles. The van der Waals surface area contributed by atoms with Crippen LogP contribution in [0.25, 0.3) is 0 Å². The zero-order chi connectivity index (χ0) is 16.2. The van der Waals surface area contributed by atoms with Crippen LogP contribution in [0.15, 0.2) is 10.8 Å². The van der Waals surface area contributed by atoms with Crippen molar-refractivity contribution in [1.82, 2.24) is 20.7 Å². The summed E-state index contributed by atoms with van der Waals surface area (Å²) in [4.78, 5) is 14.0. The average molecular weight is 328 g/mol. The zero-order valence-electron chi connectivity index (χ0n) is 12.9. The molecule has 1 aromatic heterocycles. The van der Waals surface area contributed by atoms with Gasteiger partial charge < -0.3 is 15.2 Å². The number of carbonyl (C=O) groups is 1. The van der Waals surface area contributed by atoms with Crippen molar-refractivity contribution in [3.05, 3.63) is 17.5 Å². The standard InChI is InChI=1S/C15H22F2N4O2/c16-14(17)12(21-6-4-18-5-7-21)8-19-15(22)11-9-23-20-13(11)10-2-1-3-10/h9-10,12,14,18H,1-8H2,(H,19,22). The summed E-state index contributed by atoms with van der Waals surface area (Å²) >= 11 is 0. The zero-order valence-corrected chi connectivity index (χ0v) is 12.9. The van der Waals surface area contributed by atoms with Gasteiger partial charge in [-0.3, -0.25) is 9.69 Å². The quantitative estimate of drug-likeness (QED) is 0.821. The number of rotatable bonds is 6. The second-order valence-electron chi connectivity index (χ2n) is 6.14. The Morgan fingerprint density at radius 1 is 1.43 bits per heavy atom. The van der Waals surface area contributed by atoms with Gasteiger partial charge in [0.1, 0.15) is 11.8 Å². The average Bonchev–Trinajstić information content (AvgIpc) is 2.95. The van der Waals surface area contributed by atoms with E-state index < -0.39 is 12.5 Å². The molecule has 2 heterocycles. The van der Waals surface area contributed by atoms with Crippen molar-refractivity contribution >= 4 is 5.91 Å². The first kappa shape index (κ1) is 16.3. The summed E-state index contributed by atoms with van der Waals surface area (Å²) in [6.45, 7) is 2.42. The van der Waals surface area contributed by atoms with E-state index in [1.165, 1.54) is 6.26 Å². The molecule has 1 atom stereocenters. The van der Waals surface area contributed by atoms with Crippen LogP contribution in [0.2, 0.25) is 0 Å². The molecule has 2 aliphatic rings. The van der Waals surface area contributed by atoms with Gasteiger partial charge in [-0.2, -0.15) is 0 Å². The van der Waals surface area contributed by atoms with Crippen molar-refractivity contribution in [2.24, 2.45) is 0 Å². The SMILES string of the molecule is O=C(NCC(C(F)F)N1CCNCC1)c1conc1C1CCC1. The molecule has 0 spiro atoms. The number of piperazine rings is 1. The third-order valence-corrected chi connectivity index (χ3v) is 4.72. The fraction of sp³-hybridized carbons (Fsp3) is 0.733. The highest BCUT2D eigenvalue weighted by Crippen LogP contribution is 2.37. The first-order valence-corrected chi connectivity index (χ1v) is 8.12. The number of halogens is 2. The molecule has 1 saturated carbocycles. The van der Waals surface area contributed by atoms with E-state index >= 15 is 0 Å². The highest BCUT2D eigenvalue weighted by molar-refractivity contribution is 5.95. The van der Waals surface area contributed by atoms with Gasteiger partial charge in [0.05, 0.1) is 11.7 Å². The number of hydrogen-bond donors (Lipinski definition) is 2. The van der Waals surface area contributed by atoms with Crippen LogP contribution in [0.5, 0.6) is 0 Å². The molecule has 1 amide bonds. The lowest BCUT2D eigenvalue weighted by molar-refractivity contribution is 0.0198. The van der Waals surface area contributed by atoms with Crippen LogP contribution in [0.4, 0.5) is 8.78 Å². The van der Waals surface area contributed by atoms with Gasteiger partial charge in [-0.1, -0.05) is 11.6 Å². The fourth-order valence-electron chi connectivity index (χ4n) is 3.08. The lowest BCUT2D eigenvalue weighted by atomic mass is 9.81. The fourth-order valence-corrected chi connectivity index (χ4v) is 3.08. The summed E-state index contributed by atoms with van der Waals surface area (Å²) in [7, 11) is 0. The number of nitrogens with one attached hydrogen (secondary N) is 2. The third-order valence-electron chi connectivity index (χ3n) is 4.72. The van der Waals surface area contributed by atoms with Crippen LogP contribution in [-0.2, 0) is 0 Å². The minimum absolute atomic E-state index is 0.0776. The number of carbonyl (C=O) groups excluding carboxylic acids is 1. The van der Waals surface area contributed by atoms with E-state index in [1.54, 1.807) is 4.90 Å². The monoisotopic (exact) mass is 328 g/mol. The molecular formula is C15H22F2N4O2. The Bertz CT molecular complexity index is 527. The van der Waals surface area contributed by atoms with E-state index in [0.717, 1.165) is 19.3 Å². The van der Waals surface area contributed by atoms with E-state index in [0.29, 0.717) is 37.4 Å². The molecule has 8 heteroatoms. The largest absolute Gasteiger partial charge is 0.364 e. The van der Waals surface area contributed by atoms with Gasteiger partial charge in [-0.05, 0) is 12.8 Å². The van der Waals surface area contributed by atoms with E-state index in [9.17, 15) is 13.6 Å². The highest BCUT2D eigenvalue weighted by atomic mass is 19.3. The number of amides is 1. The van der Waals surface area contributed by atoms with Crippen LogP contribution in [0.1, 0.15) is 41.2 Å². The molecule has 1 aromatic rings. The van der Waals surface area contributed by atoms with Crippen molar-refractivity contribution < 1.29 is 18.1 Å². The Morgan fingerprint density at radius 2 is 2.17 bits per heavy atom. The Kier molecular flexibility index (Phi) is 5.22. The normalized spacial score (nSPS) is 21.2. The Morgan fingerprint density at radius 3 is 2.78 bits per heavy atom. The lowest BCUT2D eigenvalue weighted by Gasteiger charge is -2.34. The maximum atomic E-state index is 13.3. The van der Waals surface area contributed by atoms with E-state index in [-0.39, 0.29) is 18.4 Å². The molecule has 23 heavy (non-hydrogen) atoms. The summed E-state index contributed by atoms with van der Waals surface area (Å²) in [6.07, 6.45) is 1.92. The molecule has 128 valence electrons. The number of aromatic nitrogens is 1. The van der Waals surface area contributed by atoms with Gasteiger partial charge in [-0.15, -0.1) is 0 Å². The highest BCUT2D eigenvalue weighted by Gasteiger charge is 2.31. The minimum atomic E-state index is -2.50.